The summed E-state index contributed by atoms with van der Waals surface area (Å²) in [7, 11) is 0. The van der Waals surface area contributed by atoms with Crippen LogP contribution in [0, 0.1) is 12.7 Å². The van der Waals surface area contributed by atoms with E-state index in [1.165, 1.54) is 11.6 Å². The molecular weight excluding hydrogens is 343 g/mol. The Kier molecular flexibility index (Phi) is 3.82. The molecule has 27 heavy (non-hydrogen) atoms. The second-order valence-corrected chi connectivity index (χ2v) is 7.10. The maximum absolute atomic E-state index is 14.4. The van der Waals surface area contributed by atoms with E-state index in [4.69, 9.17) is 0 Å². The van der Waals surface area contributed by atoms with Crippen LogP contribution in [0.4, 0.5) is 4.39 Å². The van der Waals surface area contributed by atoms with Crippen LogP contribution in [-0.4, -0.2) is 37.7 Å². The first kappa shape index (κ1) is 16.3. The molecule has 1 aliphatic rings. The molecule has 3 aromatic heterocycles. The maximum atomic E-state index is 14.4. The van der Waals surface area contributed by atoms with E-state index in [0.717, 1.165) is 42.7 Å². The average molecular weight is 362 g/mol. The number of pyridine rings is 1. The number of piperidine rings is 1. The van der Waals surface area contributed by atoms with E-state index in [9.17, 15) is 4.39 Å². The van der Waals surface area contributed by atoms with E-state index in [2.05, 4.69) is 37.6 Å². The molecule has 1 fully saturated rings. The van der Waals surface area contributed by atoms with Crippen molar-refractivity contribution in [3.05, 3.63) is 53.7 Å². The summed E-state index contributed by atoms with van der Waals surface area (Å²) in [6, 6.07) is 7.60. The molecule has 0 amide bonds. The highest BCUT2D eigenvalue weighted by Gasteiger charge is 2.16. The molecule has 0 atom stereocenters. The first-order chi connectivity index (χ1) is 13.2. The number of nitrogens with zero attached hydrogens (tertiary/aromatic N) is 5. The average Bonchev–Trinajstić information content (AvgIpc) is 3.09. The summed E-state index contributed by atoms with van der Waals surface area (Å²) >= 11 is 0. The van der Waals surface area contributed by atoms with E-state index in [1.807, 2.05) is 13.0 Å². The minimum atomic E-state index is -0.398. The van der Waals surface area contributed by atoms with Crippen molar-refractivity contribution in [2.24, 2.45) is 0 Å². The highest BCUT2D eigenvalue weighted by molar-refractivity contribution is 5.76. The van der Waals surface area contributed by atoms with Gasteiger partial charge in [-0.3, -0.25) is 0 Å². The lowest BCUT2D eigenvalue weighted by atomic mass is 9.90. The number of halogens is 1. The number of hydrogen-bond acceptors (Lipinski definition) is 5. The number of fused-ring (bicyclic) bond motifs is 2. The summed E-state index contributed by atoms with van der Waals surface area (Å²) in [6.45, 7) is 3.93. The Morgan fingerprint density at radius 3 is 2.74 bits per heavy atom. The fourth-order valence-electron chi connectivity index (χ4n) is 3.79. The summed E-state index contributed by atoms with van der Waals surface area (Å²) in [5.74, 6) is 0.563. The molecule has 0 bridgehead atoms. The van der Waals surface area contributed by atoms with E-state index < -0.39 is 5.82 Å². The molecule has 1 aliphatic heterocycles. The number of imidazole rings is 1. The van der Waals surface area contributed by atoms with Crippen LogP contribution in [0.25, 0.3) is 28.1 Å². The number of nitrogens with one attached hydrogen (secondary N) is 1. The summed E-state index contributed by atoms with van der Waals surface area (Å²) < 4.78 is 16.0. The van der Waals surface area contributed by atoms with Crippen LogP contribution in [0.2, 0.25) is 0 Å². The zero-order chi connectivity index (χ0) is 18.4. The minimum Gasteiger partial charge on any atom is -0.317 e. The van der Waals surface area contributed by atoms with Crippen LogP contribution in [0.1, 0.15) is 30.0 Å². The van der Waals surface area contributed by atoms with Gasteiger partial charge < -0.3 is 9.72 Å². The number of benzene rings is 1. The molecule has 5 rings (SSSR count). The van der Waals surface area contributed by atoms with Gasteiger partial charge in [-0.25, -0.2) is 14.4 Å². The lowest BCUT2D eigenvalue weighted by Crippen LogP contribution is -2.26. The second-order valence-electron chi connectivity index (χ2n) is 7.10. The van der Waals surface area contributed by atoms with Gasteiger partial charge in [0.15, 0.2) is 17.3 Å². The van der Waals surface area contributed by atoms with Crippen LogP contribution in [0.3, 0.4) is 0 Å². The van der Waals surface area contributed by atoms with Crippen molar-refractivity contribution in [1.29, 1.82) is 0 Å². The Bertz CT molecular complexity index is 1150. The van der Waals surface area contributed by atoms with Gasteiger partial charge in [-0.05, 0) is 62.5 Å². The third-order valence-corrected chi connectivity index (χ3v) is 5.17. The number of rotatable bonds is 2. The summed E-state index contributed by atoms with van der Waals surface area (Å²) in [5, 5.41) is 12.0. The van der Waals surface area contributed by atoms with Crippen molar-refractivity contribution in [3.8, 4) is 11.4 Å². The Morgan fingerprint density at radius 1 is 1.04 bits per heavy atom. The molecule has 0 saturated carbocycles. The topological polar surface area (TPSA) is 68.0 Å². The van der Waals surface area contributed by atoms with Gasteiger partial charge in [0, 0.05) is 18.0 Å². The van der Waals surface area contributed by atoms with E-state index >= 15 is 0 Å². The number of aryl methyl sites for hydroxylation is 1. The maximum Gasteiger partial charge on any atom is 0.183 e. The zero-order valence-electron chi connectivity index (χ0n) is 15.0. The van der Waals surface area contributed by atoms with Crippen LogP contribution in [0.15, 0.2) is 36.7 Å². The molecule has 1 aromatic carbocycles. The Morgan fingerprint density at radius 2 is 1.89 bits per heavy atom. The van der Waals surface area contributed by atoms with Gasteiger partial charge in [0.2, 0.25) is 0 Å². The second kappa shape index (κ2) is 6.35. The normalized spacial score (nSPS) is 15.6. The van der Waals surface area contributed by atoms with Crippen LogP contribution in [-0.2, 0) is 0 Å². The smallest absolute Gasteiger partial charge is 0.183 e. The first-order valence-corrected chi connectivity index (χ1v) is 9.18. The molecule has 4 heterocycles. The van der Waals surface area contributed by atoms with Crippen molar-refractivity contribution in [3.63, 3.8) is 0 Å². The lowest BCUT2D eigenvalue weighted by Gasteiger charge is -2.23. The molecule has 1 N–H and O–H groups in total. The van der Waals surface area contributed by atoms with Crippen LogP contribution in [0.5, 0.6) is 0 Å². The van der Waals surface area contributed by atoms with Gasteiger partial charge in [-0.1, -0.05) is 6.07 Å². The van der Waals surface area contributed by atoms with Gasteiger partial charge in [0.05, 0.1) is 11.2 Å². The Hall–Kier alpha value is -2.93. The van der Waals surface area contributed by atoms with Gasteiger partial charge in [0.1, 0.15) is 5.52 Å². The van der Waals surface area contributed by atoms with Crippen molar-refractivity contribution in [2.45, 2.75) is 25.7 Å². The van der Waals surface area contributed by atoms with Gasteiger partial charge in [0.25, 0.3) is 0 Å². The van der Waals surface area contributed by atoms with Crippen LogP contribution >= 0.6 is 0 Å². The van der Waals surface area contributed by atoms with Gasteiger partial charge in [-0.2, -0.15) is 0 Å². The van der Waals surface area contributed by atoms with E-state index in [0.29, 0.717) is 23.0 Å². The molecule has 0 aliphatic carbocycles. The third kappa shape index (κ3) is 2.94. The van der Waals surface area contributed by atoms with Crippen LogP contribution < -0.4 is 5.32 Å². The molecule has 0 unspecified atom stereocenters. The fraction of sp³-hybridized carbons (Fsp3) is 0.300. The molecule has 1 saturated heterocycles. The van der Waals surface area contributed by atoms with Crippen molar-refractivity contribution < 1.29 is 4.39 Å². The molecule has 7 heteroatoms. The van der Waals surface area contributed by atoms with Crippen molar-refractivity contribution >= 4 is 16.7 Å². The highest BCUT2D eigenvalue weighted by atomic mass is 19.1. The number of aromatic nitrogens is 5. The quantitative estimate of drug-likeness (QED) is 0.593. The SMILES string of the molecule is Cc1cn2cc(-c3nnc4cc(C5CCNCC5)ccc4n3)cc(F)c2n1. The van der Waals surface area contributed by atoms with Crippen molar-refractivity contribution in [1.82, 2.24) is 29.9 Å². The van der Waals surface area contributed by atoms with E-state index in [-0.39, 0.29) is 0 Å². The van der Waals surface area contributed by atoms with Gasteiger partial charge in [-0.15, -0.1) is 10.2 Å². The fourth-order valence-corrected chi connectivity index (χ4v) is 3.79. The first-order valence-electron chi connectivity index (χ1n) is 9.18. The predicted molar refractivity (Wildman–Crippen MR) is 101 cm³/mol. The molecule has 136 valence electrons. The summed E-state index contributed by atoms with van der Waals surface area (Å²) in [4.78, 5) is 8.78. The van der Waals surface area contributed by atoms with E-state index in [1.54, 1.807) is 16.8 Å². The largest absolute Gasteiger partial charge is 0.317 e. The molecule has 0 radical (unpaired) electrons. The lowest BCUT2D eigenvalue weighted by molar-refractivity contribution is 0.460. The highest BCUT2D eigenvalue weighted by Crippen LogP contribution is 2.27. The Labute approximate surface area is 155 Å². The molecular formula is C20H19FN6. The zero-order valence-corrected chi connectivity index (χ0v) is 15.0. The third-order valence-electron chi connectivity index (χ3n) is 5.17. The predicted octanol–water partition coefficient (Wildman–Crippen LogP) is 3.25. The summed E-state index contributed by atoms with van der Waals surface area (Å²) in [5.41, 5.74) is 4.46. The monoisotopic (exact) mass is 362 g/mol. The van der Waals surface area contributed by atoms with Gasteiger partial charge >= 0.3 is 0 Å². The molecule has 6 nitrogen and oxygen atoms in total. The standard InChI is InChI=1S/C20H19FN6/c1-12-10-27-11-15(8-16(21)20(27)23-12)19-24-17-3-2-14(9-18(17)25-26-19)13-4-6-22-7-5-13/h2-3,8-11,13,22H,4-7H2,1H3. The van der Waals surface area contributed by atoms with Crippen molar-refractivity contribution in [2.75, 3.05) is 13.1 Å². The minimum absolute atomic E-state index is 0.302. The number of hydrogen-bond donors (Lipinski definition) is 1. The Balaban J connectivity index is 1.54. The molecule has 4 aromatic rings. The molecule has 0 spiro atoms. The summed E-state index contributed by atoms with van der Waals surface area (Å²) in [6.07, 6.45) is 5.83.